The van der Waals surface area contributed by atoms with Crippen molar-refractivity contribution >= 4 is 17.2 Å². The third-order valence-corrected chi connectivity index (χ3v) is 10.1. The highest BCUT2D eigenvalue weighted by Crippen LogP contribution is 2.38. The highest BCUT2D eigenvalue weighted by atomic mass is 15.1. The molecule has 2 fully saturated rings. The van der Waals surface area contributed by atoms with Crippen molar-refractivity contribution in [2.75, 3.05) is 10.6 Å². The average Bonchev–Trinajstić information content (AvgIpc) is 3.01. The zero-order valence-electron chi connectivity index (χ0n) is 30.4. The number of rotatable bonds is 13. The van der Waals surface area contributed by atoms with Gasteiger partial charge in [-0.25, -0.2) is 0 Å². The molecule has 2 aromatic carbocycles. The molecule has 0 amide bonds. The highest BCUT2D eigenvalue weighted by molar-refractivity contribution is 5.92. The molecule has 4 rings (SSSR count). The van der Waals surface area contributed by atoms with Gasteiger partial charge in [-0.15, -0.1) is 0 Å². The molecule has 0 radical (unpaired) electrons. The van der Waals surface area contributed by atoms with E-state index in [2.05, 4.69) is 108 Å². The molecule has 46 heavy (non-hydrogen) atoms. The van der Waals surface area contributed by atoms with Crippen LogP contribution in [0.2, 0.25) is 0 Å². The molecule has 2 aliphatic carbocycles. The Bertz CT molecular complexity index is 1210. The van der Waals surface area contributed by atoms with Gasteiger partial charge in [-0.3, -0.25) is 4.99 Å². The number of hydrogen-bond acceptors (Lipinski definition) is 3. The second-order valence-corrected chi connectivity index (χ2v) is 15.3. The molecule has 2 saturated carbocycles. The Morgan fingerprint density at radius 1 is 0.587 bits per heavy atom. The molecule has 4 heteroatoms. The van der Waals surface area contributed by atoms with E-state index in [4.69, 9.17) is 18.2 Å². The predicted octanol–water partition coefficient (Wildman–Crippen LogP) is 12.0. The van der Waals surface area contributed by atoms with Crippen LogP contribution in [0, 0.1) is 5.92 Å². The van der Waals surface area contributed by atoms with Crippen molar-refractivity contribution in [1.29, 1.82) is 0 Å². The molecule has 0 spiro atoms. The fourth-order valence-electron chi connectivity index (χ4n) is 7.45. The van der Waals surface area contributed by atoms with E-state index in [0.717, 1.165) is 30.1 Å². The van der Waals surface area contributed by atoms with Gasteiger partial charge < -0.3 is 16.0 Å². The number of aliphatic imine (C=N–C) groups is 1. The van der Waals surface area contributed by atoms with Crippen LogP contribution in [0.15, 0.2) is 65.9 Å². The molecule has 0 saturated heterocycles. The highest BCUT2D eigenvalue weighted by Gasteiger charge is 2.30. The molecule has 0 bridgehead atoms. The van der Waals surface area contributed by atoms with Gasteiger partial charge in [0.2, 0.25) is 0 Å². The Balaban J connectivity index is 1.83. The van der Waals surface area contributed by atoms with Crippen LogP contribution in [-0.2, 0) is 0 Å². The van der Waals surface area contributed by atoms with Gasteiger partial charge in [0.15, 0.2) is 0 Å². The Morgan fingerprint density at radius 2 is 0.957 bits per heavy atom. The molecule has 0 aliphatic heterocycles. The van der Waals surface area contributed by atoms with Crippen molar-refractivity contribution in [3.63, 3.8) is 0 Å². The molecule has 0 atom stereocenters. The van der Waals surface area contributed by atoms with Crippen LogP contribution in [-0.4, -0.2) is 17.9 Å². The minimum absolute atomic E-state index is 0.218. The van der Waals surface area contributed by atoms with Crippen molar-refractivity contribution in [2.24, 2.45) is 10.9 Å². The van der Waals surface area contributed by atoms with Gasteiger partial charge in [-0.05, 0) is 71.6 Å². The maximum Gasteiger partial charge on any atom is 0.112 e. The molecule has 252 valence electrons. The minimum Gasteiger partial charge on any atom is -0.370 e. The van der Waals surface area contributed by atoms with Crippen LogP contribution in [0.5, 0.6) is 0 Å². The number of para-hydroxylation sites is 2. The number of nitrogens with one attached hydrogen (secondary N) is 3. The lowest BCUT2D eigenvalue weighted by atomic mass is 9.89. The summed E-state index contributed by atoms with van der Waals surface area (Å²) >= 11 is 0. The second kappa shape index (κ2) is 16.7. The standard InChI is InChI=1S/C42H64N4/c1-27(2)35-23-17-24-36(28(3)4)40(35)43-31(9)39(32(10)44-41-37(29(5)6)25-18-26-38(41)30(7)8)42(45-33-19-13-11-14-20-33)46-34-21-15-12-16-22-34/h17-18,23-30,33-34,39,43-44H,9-16,19-22H2,1-8H3,(H,45,46). The lowest BCUT2D eigenvalue weighted by Crippen LogP contribution is -2.43. The molecule has 0 unspecified atom stereocenters. The number of amidine groups is 1. The molecule has 2 aliphatic rings. The van der Waals surface area contributed by atoms with Crippen molar-refractivity contribution in [2.45, 2.75) is 155 Å². The van der Waals surface area contributed by atoms with Gasteiger partial charge in [0.25, 0.3) is 0 Å². The van der Waals surface area contributed by atoms with Crippen LogP contribution in [0.4, 0.5) is 11.4 Å². The van der Waals surface area contributed by atoms with E-state index in [1.165, 1.54) is 85.0 Å². The predicted molar refractivity (Wildman–Crippen MR) is 203 cm³/mol. The normalized spacial score (nSPS) is 16.9. The van der Waals surface area contributed by atoms with Crippen LogP contribution in [0.3, 0.4) is 0 Å². The average molecular weight is 625 g/mol. The summed E-state index contributed by atoms with van der Waals surface area (Å²) in [7, 11) is 0. The SMILES string of the molecule is C=C(Nc1c(C(C)C)cccc1C(C)C)C(C(=C)Nc1c(C(C)C)cccc1C(C)C)C(=NC1CCCCC1)NC1CCCCC1. The van der Waals surface area contributed by atoms with E-state index in [1.54, 1.807) is 0 Å². The summed E-state index contributed by atoms with van der Waals surface area (Å²) in [5.74, 6) is 2.36. The van der Waals surface area contributed by atoms with Crippen molar-refractivity contribution < 1.29 is 0 Å². The van der Waals surface area contributed by atoms with E-state index >= 15 is 0 Å². The molecular formula is C42H64N4. The second-order valence-electron chi connectivity index (χ2n) is 15.3. The van der Waals surface area contributed by atoms with Crippen molar-refractivity contribution in [1.82, 2.24) is 5.32 Å². The van der Waals surface area contributed by atoms with Crippen LogP contribution in [0.25, 0.3) is 0 Å². The van der Waals surface area contributed by atoms with Crippen LogP contribution < -0.4 is 16.0 Å². The number of hydrogen-bond donors (Lipinski definition) is 3. The summed E-state index contributed by atoms with van der Waals surface area (Å²) in [6.45, 7) is 27.8. The fourth-order valence-corrected chi connectivity index (χ4v) is 7.45. The smallest absolute Gasteiger partial charge is 0.112 e. The topological polar surface area (TPSA) is 48.5 Å². The van der Waals surface area contributed by atoms with E-state index in [9.17, 15) is 0 Å². The van der Waals surface area contributed by atoms with E-state index < -0.39 is 0 Å². The van der Waals surface area contributed by atoms with Gasteiger partial charge in [0.05, 0.1) is 12.0 Å². The lowest BCUT2D eigenvalue weighted by Gasteiger charge is -2.34. The Hall–Kier alpha value is -3.01. The zero-order chi connectivity index (χ0) is 33.4. The minimum atomic E-state index is -0.218. The summed E-state index contributed by atoms with van der Waals surface area (Å²) in [6.07, 6.45) is 12.4. The first-order valence-corrected chi connectivity index (χ1v) is 18.5. The Labute approximate surface area is 282 Å². The van der Waals surface area contributed by atoms with Crippen molar-refractivity contribution in [3.05, 3.63) is 83.2 Å². The van der Waals surface area contributed by atoms with Crippen LogP contribution >= 0.6 is 0 Å². The largest absolute Gasteiger partial charge is 0.370 e. The van der Waals surface area contributed by atoms with Gasteiger partial charge in [-0.2, -0.15) is 0 Å². The molecule has 0 heterocycles. The van der Waals surface area contributed by atoms with Gasteiger partial charge in [0.1, 0.15) is 5.84 Å². The van der Waals surface area contributed by atoms with E-state index in [-0.39, 0.29) is 5.92 Å². The molecule has 3 N–H and O–H groups in total. The Morgan fingerprint density at radius 3 is 1.33 bits per heavy atom. The Kier molecular flexibility index (Phi) is 13.0. The lowest BCUT2D eigenvalue weighted by molar-refractivity contribution is 0.405. The van der Waals surface area contributed by atoms with Crippen molar-refractivity contribution in [3.8, 4) is 0 Å². The van der Waals surface area contributed by atoms with E-state index in [0.29, 0.717) is 35.8 Å². The zero-order valence-corrected chi connectivity index (χ0v) is 30.4. The van der Waals surface area contributed by atoms with Gasteiger partial charge in [-0.1, -0.05) is 143 Å². The molecule has 2 aromatic rings. The summed E-state index contributed by atoms with van der Waals surface area (Å²) in [4.78, 5) is 5.59. The first kappa shape index (κ1) is 35.8. The first-order valence-electron chi connectivity index (χ1n) is 18.5. The number of anilines is 2. The molecular weight excluding hydrogens is 560 g/mol. The summed E-state index contributed by atoms with van der Waals surface area (Å²) in [6, 6.07) is 14.2. The maximum absolute atomic E-state index is 5.59. The van der Waals surface area contributed by atoms with Gasteiger partial charge in [0, 0.05) is 28.8 Å². The molecule has 4 nitrogen and oxygen atoms in total. The maximum atomic E-state index is 5.59. The fraction of sp³-hybridized carbons (Fsp3) is 0.595. The third kappa shape index (κ3) is 9.07. The van der Waals surface area contributed by atoms with E-state index in [1.807, 2.05) is 0 Å². The first-order chi connectivity index (χ1) is 22.0. The number of benzene rings is 2. The summed E-state index contributed by atoms with van der Waals surface area (Å²) < 4.78 is 0. The summed E-state index contributed by atoms with van der Waals surface area (Å²) in [5.41, 5.74) is 9.53. The third-order valence-electron chi connectivity index (χ3n) is 10.1. The number of nitrogens with zero attached hydrogens (tertiary/aromatic N) is 1. The quantitative estimate of drug-likeness (QED) is 0.153. The van der Waals surface area contributed by atoms with Crippen LogP contribution in [0.1, 0.15) is 166 Å². The molecule has 0 aromatic heterocycles. The summed E-state index contributed by atoms with van der Waals surface area (Å²) in [5, 5.41) is 11.9. The van der Waals surface area contributed by atoms with Gasteiger partial charge >= 0.3 is 0 Å². The monoisotopic (exact) mass is 625 g/mol.